The fourth-order valence-corrected chi connectivity index (χ4v) is 4.24. The molecule has 0 aliphatic heterocycles. The van der Waals surface area contributed by atoms with Crippen LogP contribution in [0, 0.1) is 0 Å². The number of pyridine rings is 1. The van der Waals surface area contributed by atoms with Crippen molar-refractivity contribution in [3.8, 4) is 11.1 Å². The molecule has 0 N–H and O–H groups in total. The normalized spacial score (nSPS) is 10.9. The van der Waals surface area contributed by atoms with Crippen LogP contribution in [0.2, 0.25) is 0 Å². The predicted molar refractivity (Wildman–Crippen MR) is 117 cm³/mol. The Balaban J connectivity index is 2.28. The number of nitrogens with zero attached hydrogens (tertiary/aromatic N) is 3. The Hall–Kier alpha value is -2.00. The number of fused-ring (bicyclic) bond motifs is 1. The van der Waals surface area contributed by atoms with Gasteiger partial charge in [-0.05, 0) is 23.8 Å². The van der Waals surface area contributed by atoms with Crippen molar-refractivity contribution in [3.63, 3.8) is 0 Å². The molecule has 0 bridgehead atoms. The van der Waals surface area contributed by atoms with Gasteiger partial charge in [0.25, 0.3) is 11.5 Å². The summed E-state index contributed by atoms with van der Waals surface area (Å²) in [6.45, 7) is 4.17. The van der Waals surface area contributed by atoms with Crippen molar-refractivity contribution in [2.24, 2.45) is 0 Å². The van der Waals surface area contributed by atoms with Gasteiger partial charge in [-0.1, -0.05) is 18.2 Å². The second-order valence-electron chi connectivity index (χ2n) is 6.04. The summed E-state index contributed by atoms with van der Waals surface area (Å²) in [4.78, 5) is 26.7. The number of allylic oxidation sites excluding steroid dienone is 1. The fourth-order valence-electron chi connectivity index (χ4n) is 2.90. The standard InChI is InChI=1S/C19H18IN3O2S/c1-4-9-22-12-16(15-8-10-23(26-20)17(15)19(22)25)13-6-5-7-14(11-13)18(24)21(2)3/h4-8,10-12H,1,9H2,2-3H3. The Morgan fingerprint density at radius 2 is 2.12 bits per heavy atom. The molecule has 134 valence electrons. The van der Waals surface area contributed by atoms with E-state index in [1.54, 1.807) is 35.7 Å². The number of hydrogen-bond acceptors (Lipinski definition) is 3. The Morgan fingerprint density at radius 3 is 2.77 bits per heavy atom. The zero-order valence-electron chi connectivity index (χ0n) is 14.5. The molecule has 0 saturated heterocycles. The van der Waals surface area contributed by atoms with Crippen LogP contribution in [0.5, 0.6) is 0 Å². The van der Waals surface area contributed by atoms with E-state index in [1.807, 2.05) is 40.6 Å². The molecule has 0 saturated carbocycles. The molecule has 0 aliphatic carbocycles. The minimum Gasteiger partial charge on any atom is -0.345 e. The van der Waals surface area contributed by atoms with Crippen molar-refractivity contribution in [3.05, 3.63) is 71.3 Å². The average molecular weight is 479 g/mol. The van der Waals surface area contributed by atoms with Gasteiger partial charge >= 0.3 is 0 Å². The number of carbonyl (C=O) groups excluding carboxylic acids is 1. The fraction of sp³-hybridized carbons (Fsp3) is 0.158. The maximum atomic E-state index is 12.8. The third-order valence-corrected chi connectivity index (χ3v) is 5.84. The number of rotatable bonds is 5. The summed E-state index contributed by atoms with van der Waals surface area (Å²) in [6, 6.07) is 9.43. The summed E-state index contributed by atoms with van der Waals surface area (Å²) < 4.78 is 3.50. The molecule has 2 heterocycles. The second kappa shape index (κ2) is 7.71. The van der Waals surface area contributed by atoms with Crippen molar-refractivity contribution in [2.75, 3.05) is 14.1 Å². The molecular weight excluding hydrogens is 461 g/mol. The van der Waals surface area contributed by atoms with E-state index in [0.29, 0.717) is 17.6 Å². The Morgan fingerprint density at radius 1 is 1.35 bits per heavy atom. The highest BCUT2D eigenvalue weighted by molar-refractivity contribution is 14.2. The molecule has 0 unspecified atom stereocenters. The summed E-state index contributed by atoms with van der Waals surface area (Å²) >= 11 is 2.16. The lowest BCUT2D eigenvalue weighted by atomic mass is 10.0. The van der Waals surface area contributed by atoms with Crippen molar-refractivity contribution >= 4 is 47.1 Å². The largest absolute Gasteiger partial charge is 0.345 e. The predicted octanol–water partition coefficient (Wildman–Crippen LogP) is 4.20. The maximum Gasteiger partial charge on any atom is 0.276 e. The van der Waals surface area contributed by atoms with Gasteiger partial charge in [0.15, 0.2) is 0 Å². The molecular formula is C19H18IN3O2S. The first-order valence-corrected chi connectivity index (χ1v) is 11.3. The zero-order chi connectivity index (χ0) is 18.8. The van der Waals surface area contributed by atoms with Gasteiger partial charge in [0.05, 0.1) is 0 Å². The van der Waals surface area contributed by atoms with Crippen LogP contribution in [0.1, 0.15) is 10.4 Å². The molecule has 7 heteroatoms. The third kappa shape index (κ3) is 3.33. The first kappa shape index (κ1) is 18.8. The van der Waals surface area contributed by atoms with E-state index >= 15 is 0 Å². The van der Waals surface area contributed by atoms with E-state index in [-0.39, 0.29) is 11.5 Å². The highest BCUT2D eigenvalue weighted by Crippen LogP contribution is 2.31. The van der Waals surface area contributed by atoms with E-state index in [9.17, 15) is 9.59 Å². The van der Waals surface area contributed by atoms with Crippen LogP contribution in [-0.2, 0) is 6.54 Å². The van der Waals surface area contributed by atoms with Crippen LogP contribution in [-0.4, -0.2) is 33.4 Å². The number of aromatic nitrogens is 2. The minimum absolute atomic E-state index is 0.0529. The number of benzene rings is 1. The summed E-state index contributed by atoms with van der Waals surface area (Å²) in [7, 11) is 4.91. The van der Waals surface area contributed by atoms with E-state index in [0.717, 1.165) is 16.5 Å². The van der Waals surface area contributed by atoms with Crippen LogP contribution in [0.15, 0.2) is 60.2 Å². The van der Waals surface area contributed by atoms with Gasteiger partial charge in [-0.3, -0.25) is 13.6 Å². The van der Waals surface area contributed by atoms with Crippen LogP contribution in [0.4, 0.5) is 0 Å². The van der Waals surface area contributed by atoms with Crippen LogP contribution in [0.3, 0.4) is 0 Å². The number of halogens is 1. The van der Waals surface area contributed by atoms with Crippen LogP contribution in [0.25, 0.3) is 22.0 Å². The summed E-state index contributed by atoms with van der Waals surface area (Å²) in [5.74, 6) is -0.0529. The minimum atomic E-state index is -0.0571. The summed E-state index contributed by atoms with van der Waals surface area (Å²) in [5, 5.41) is 0.869. The SMILES string of the molecule is C=CCn1cc(-c2cccc(C(=O)N(C)C)c2)c2ccn(SI)c2c1=O. The lowest BCUT2D eigenvalue weighted by molar-refractivity contribution is 0.0827. The average Bonchev–Trinajstić information content (AvgIpc) is 3.08. The molecule has 2 aromatic heterocycles. The maximum absolute atomic E-state index is 12.8. The topological polar surface area (TPSA) is 47.2 Å². The first-order chi connectivity index (χ1) is 12.5. The number of amides is 1. The molecule has 0 aliphatic rings. The van der Waals surface area contributed by atoms with Crippen molar-refractivity contribution in [1.29, 1.82) is 0 Å². The van der Waals surface area contributed by atoms with Crippen molar-refractivity contribution < 1.29 is 4.79 Å². The first-order valence-electron chi connectivity index (χ1n) is 7.94. The molecule has 0 spiro atoms. The van der Waals surface area contributed by atoms with Gasteiger partial charge in [-0.25, -0.2) is 0 Å². The van der Waals surface area contributed by atoms with Crippen molar-refractivity contribution in [1.82, 2.24) is 13.4 Å². The van der Waals surface area contributed by atoms with Crippen LogP contribution >= 0.6 is 30.3 Å². The zero-order valence-corrected chi connectivity index (χ0v) is 17.5. The molecule has 3 rings (SSSR count). The third-order valence-electron chi connectivity index (χ3n) is 4.12. The molecule has 1 amide bonds. The Bertz CT molecular complexity index is 1050. The van der Waals surface area contributed by atoms with Gasteiger partial charge in [0, 0.05) is 79.9 Å². The van der Waals surface area contributed by atoms with Gasteiger partial charge in [0.1, 0.15) is 5.52 Å². The van der Waals surface area contributed by atoms with Gasteiger partial charge in [0.2, 0.25) is 0 Å². The van der Waals surface area contributed by atoms with E-state index < -0.39 is 0 Å². The monoisotopic (exact) mass is 479 g/mol. The van der Waals surface area contributed by atoms with Gasteiger partial charge < -0.3 is 9.47 Å². The molecule has 1 aromatic carbocycles. The molecule has 0 atom stereocenters. The molecule has 5 nitrogen and oxygen atoms in total. The van der Waals surface area contributed by atoms with Gasteiger partial charge in [-0.2, -0.15) is 0 Å². The number of hydrogen-bond donors (Lipinski definition) is 0. The van der Waals surface area contributed by atoms with Gasteiger partial charge in [-0.15, -0.1) is 6.58 Å². The summed E-state index contributed by atoms with van der Waals surface area (Å²) in [5.41, 5.74) is 3.01. The number of carbonyl (C=O) groups is 1. The highest BCUT2D eigenvalue weighted by atomic mass is 127. The highest BCUT2D eigenvalue weighted by Gasteiger charge is 2.16. The lowest BCUT2D eigenvalue weighted by Crippen LogP contribution is -2.22. The Kier molecular flexibility index (Phi) is 5.57. The van der Waals surface area contributed by atoms with Crippen molar-refractivity contribution in [2.45, 2.75) is 6.54 Å². The molecule has 0 fully saturated rings. The Labute approximate surface area is 168 Å². The van der Waals surface area contributed by atoms with Crippen LogP contribution < -0.4 is 5.56 Å². The second-order valence-corrected chi connectivity index (χ2v) is 7.76. The quantitative estimate of drug-likeness (QED) is 0.407. The smallest absolute Gasteiger partial charge is 0.276 e. The van der Waals surface area contributed by atoms with E-state index in [1.165, 1.54) is 9.12 Å². The van der Waals surface area contributed by atoms with E-state index in [2.05, 4.69) is 27.8 Å². The molecule has 3 aromatic rings. The molecule has 26 heavy (non-hydrogen) atoms. The molecule has 0 radical (unpaired) electrons. The summed E-state index contributed by atoms with van der Waals surface area (Å²) in [6.07, 6.45) is 5.43. The van der Waals surface area contributed by atoms with E-state index in [4.69, 9.17) is 0 Å². The lowest BCUT2D eigenvalue weighted by Gasteiger charge is -2.13.